The Morgan fingerprint density at radius 1 is 1.40 bits per heavy atom. The lowest BCUT2D eigenvalue weighted by molar-refractivity contribution is 0.156. The van der Waals surface area contributed by atoms with Gasteiger partial charge in [0.15, 0.2) is 0 Å². The molecule has 5 nitrogen and oxygen atoms in total. The Morgan fingerprint density at radius 2 is 2.05 bits per heavy atom. The van der Waals surface area contributed by atoms with Crippen LogP contribution in [0.4, 0.5) is 4.79 Å². The summed E-state index contributed by atoms with van der Waals surface area (Å²) in [6.07, 6.45) is -0.459. The number of hydrogen-bond donors (Lipinski definition) is 1. The van der Waals surface area contributed by atoms with Crippen LogP contribution in [0.3, 0.4) is 0 Å². The standard InChI is InChI=1S/C15H21N3O2/c1-5-20-15(19)17-14-16-9-13(18(14)4)12-7-10(2)6-11(3)8-12/h6-8,13H,5,9H2,1-4H3,(H,16,17,19). The van der Waals surface area contributed by atoms with E-state index in [4.69, 9.17) is 4.74 Å². The first-order valence-corrected chi connectivity index (χ1v) is 6.80. The van der Waals surface area contributed by atoms with Crippen LogP contribution < -0.4 is 5.32 Å². The molecule has 0 radical (unpaired) electrons. The summed E-state index contributed by atoms with van der Waals surface area (Å²) in [4.78, 5) is 17.8. The molecule has 1 aliphatic rings. The molecular formula is C15H21N3O2. The van der Waals surface area contributed by atoms with Gasteiger partial charge in [-0.25, -0.2) is 4.79 Å². The first kappa shape index (κ1) is 14.4. The molecule has 1 unspecified atom stereocenters. The molecule has 1 aliphatic heterocycles. The molecule has 1 N–H and O–H groups in total. The first-order chi connectivity index (χ1) is 9.51. The predicted molar refractivity (Wildman–Crippen MR) is 78.9 cm³/mol. The van der Waals surface area contributed by atoms with E-state index in [-0.39, 0.29) is 6.04 Å². The fourth-order valence-electron chi connectivity index (χ4n) is 2.47. The first-order valence-electron chi connectivity index (χ1n) is 6.80. The Bertz CT molecular complexity index is 520. The molecule has 1 aromatic carbocycles. The Morgan fingerprint density at radius 3 is 2.65 bits per heavy atom. The topological polar surface area (TPSA) is 53.9 Å². The lowest BCUT2D eigenvalue weighted by atomic mass is 10.0. The van der Waals surface area contributed by atoms with Gasteiger partial charge in [-0.3, -0.25) is 10.3 Å². The third-order valence-corrected chi connectivity index (χ3v) is 3.33. The zero-order chi connectivity index (χ0) is 14.7. The van der Waals surface area contributed by atoms with Gasteiger partial charge in [0.1, 0.15) is 0 Å². The highest BCUT2D eigenvalue weighted by atomic mass is 16.5. The molecule has 1 amide bonds. The van der Waals surface area contributed by atoms with Crippen molar-refractivity contribution in [3.8, 4) is 0 Å². The van der Waals surface area contributed by atoms with Crippen molar-refractivity contribution in [2.75, 3.05) is 20.2 Å². The largest absolute Gasteiger partial charge is 0.450 e. The van der Waals surface area contributed by atoms with Crippen LogP contribution in [-0.4, -0.2) is 37.2 Å². The molecule has 20 heavy (non-hydrogen) atoms. The molecule has 0 saturated heterocycles. The lowest BCUT2D eigenvalue weighted by Crippen LogP contribution is -2.40. The number of amides is 1. The van der Waals surface area contributed by atoms with Crippen molar-refractivity contribution in [2.45, 2.75) is 26.8 Å². The second-order valence-electron chi connectivity index (χ2n) is 5.06. The summed E-state index contributed by atoms with van der Waals surface area (Å²) in [5.74, 6) is 0.563. The van der Waals surface area contributed by atoms with E-state index in [0.717, 1.165) is 0 Å². The molecule has 0 saturated carbocycles. The Labute approximate surface area is 119 Å². The maximum Gasteiger partial charge on any atom is 0.413 e. The van der Waals surface area contributed by atoms with Crippen LogP contribution in [0.25, 0.3) is 0 Å². The number of aryl methyl sites for hydroxylation is 2. The van der Waals surface area contributed by atoms with Crippen molar-refractivity contribution in [1.29, 1.82) is 0 Å². The summed E-state index contributed by atoms with van der Waals surface area (Å²) in [7, 11) is 1.93. The summed E-state index contributed by atoms with van der Waals surface area (Å²) in [5.41, 5.74) is 3.69. The van der Waals surface area contributed by atoms with E-state index in [2.05, 4.69) is 42.4 Å². The fourth-order valence-corrected chi connectivity index (χ4v) is 2.47. The summed E-state index contributed by atoms with van der Waals surface area (Å²) < 4.78 is 4.87. The average Bonchev–Trinajstić information content (AvgIpc) is 2.70. The number of ether oxygens (including phenoxy) is 1. The Kier molecular flexibility index (Phi) is 4.27. The zero-order valence-electron chi connectivity index (χ0n) is 12.4. The van der Waals surface area contributed by atoms with E-state index in [9.17, 15) is 4.79 Å². The summed E-state index contributed by atoms with van der Waals surface area (Å²) in [5, 5.41) is 2.67. The number of rotatable bonds is 2. The van der Waals surface area contributed by atoms with Crippen LogP contribution in [-0.2, 0) is 4.74 Å². The molecular weight excluding hydrogens is 254 g/mol. The number of hydrogen-bond acceptors (Lipinski definition) is 4. The van der Waals surface area contributed by atoms with Gasteiger partial charge in [0, 0.05) is 7.05 Å². The molecule has 1 heterocycles. The van der Waals surface area contributed by atoms with Crippen LogP contribution in [0.5, 0.6) is 0 Å². The Hall–Kier alpha value is -2.04. The molecule has 108 valence electrons. The molecule has 2 rings (SSSR count). The highest BCUT2D eigenvalue weighted by Gasteiger charge is 2.27. The predicted octanol–water partition coefficient (Wildman–Crippen LogP) is 2.39. The SMILES string of the molecule is CCOC(=O)NC1=NCC(c2cc(C)cc(C)c2)N1C. The minimum absolute atomic E-state index is 0.158. The third kappa shape index (κ3) is 3.10. The minimum Gasteiger partial charge on any atom is -0.450 e. The summed E-state index contributed by atoms with van der Waals surface area (Å²) in [6.45, 7) is 6.94. The lowest BCUT2D eigenvalue weighted by Gasteiger charge is -2.24. The number of carbonyl (C=O) groups excluding carboxylic acids is 1. The van der Waals surface area contributed by atoms with Gasteiger partial charge in [-0.05, 0) is 26.3 Å². The van der Waals surface area contributed by atoms with Gasteiger partial charge in [0.2, 0.25) is 5.96 Å². The van der Waals surface area contributed by atoms with E-state index in [1.54, 1.807) is 6.92 Å². The fraction of sp³-hybridized carbons (Fsp3) is 0.467. The van der Waals surface area contributed by atoms with Gasteiger partial charge in [-0.1, -0.05) is 29.3 Å². The number of likely N-dealkylation sites (N-methyl/N-ethyl adjacent to an activating group) is 1. The molecule has 0 aliphatic carbocycles. The monoisotopic (exact) mass is 275 g/mol. The van der Waals surface area contributed by atoms with E-state index in [1.807, 2.05) is 11.9 Å². The number of nitrogens with one attached hydrogen (secondary N) is 1. The molecule has 0 bridgehead atoms. The highest BCUT2D eigenvalue weighted by molar-refractivity contribution is 5.94. The second kappa shape index (κ2) is 5.94. The van der Waals surface area contributed by atoms with Crippen molar-refractivity contribution < 1.29 is 9.53 Å². The molecule has 5 heteroatoms. The van der Waals surface area contributed by atoms with Crippen LogP contribution in [0, 0.1) is 13.8 Å². The van der Waals surface area contributed by atoms with Crippen molar-refractivity contribution in [3.05, 3.63) is 34.9 Å². The quantitative estimate of drug-likeness (QED) is 0.901. The van der Waals surface area contributed by atoms with Crippen molar-refractivity contribution >= 4 is 12.1 Å². The summed E-state index contributed by atoms with van der Waals surface area (Å²) >= 11 is 0. The molecule has 0 fully saturated rings. The van der Waals surface area contributed by atoms with E-state index >= 15 is 0 Å². The van der Waals surface area contributed by atoms with Crippen molar-refractivity contribution in [1.82, 2.24) is 10.2 Å². The number of aliphatic imine (C=N–C) groups is 1. The number of guanidine groups is 1. The number of alkyl carbamates (subject to hydrolysis) is 1. The zero-order valence-corrected chi connectivity index (χ0v) is 12.4. The van der Waals surface area contributed by atoms with Gasteiger partial charge in [-0.15, -0.1) is 0 Å². The molecule has 0 aromatic heterocycles. The normalized spacial score (nSPS) is 17.9. The second-order valence-corrected chi connectivity index (χ2v) is 5.06. The van der Waals surface area contributed by atoms with Crippen LogP contribution in [0.15, 0.2) is 23.2 Å². The Balaban J connectivity index is 2.09. The molecule has 1 atom stereocenters. The van der Waals surface area contributed by atoms with Gasteiger partial charge in [0.25, 0.3) is 0 Å². The minimum atomic E-state index is -0.459. The van der Waals surface area contributed by atoms with Crippen LogP contribution in [0.1, 0.15) is 29.7 Å². The maximum atomic E-state index is 11.5. The third-order valence-electron chi connectivity index (χ3n) is 3.33. The molecule has 1 aromatic rings. The van der Waals surface area contributed by atoms with Gasteiger partial charge >= 0.3 is 6.09 Å². The average molecular weight is 275 g/mol. The van der Waals surface area contributed by atoms with Gasteiger partial charge in [0.05, 0.1) is 19.2 Å². The number of carbonyl (C=O) groups is 1. The van der Waals surface area contributed by atoms with E-state index in [0.29, 0.717) is 19.1 Å². The van der Waals surface area contributed by atoms with Crippen LogP contribution in [0.2, 0.25) is 0 Å². The maximum absolute atomic E-state index is 11.5. The van der Waals surface area contributed by atoms with Crippen molar-refractivity contribution in [3.63, 3.8) is 0 Å². The van der Waals surface area contributed by atoms with Gasteiger partial charge in [-0.2, -0.15) is 0 Å². The van der Waals surface area contributed by atoms with Crippen LogP contribution >= 0.6 is 0 Å². The number of benzene rings is 1. The summed E-state index contributed by atoms with van der Waals surface area (Å²) in [6, 6.07) is 6.64. The van der Waals surface area contributed by atoms with E-state index in [1.165, 1.54) is 16.7 Å². The molecule has 0 spiro atoms. The smallest absolute Gasteiger partial charge is 0.413 e. The van der Waals surface area contributed by atoms with Gasteiger partial charge < -0.3 is 9.64 Å². The van der Waals surface area contributed by atoms with E-state index < -0.39 is 6.09 Å². The van der Waals surface area contributed by atoms with Crippen molar-refractivity contribution in [2.24, 2.45) is 4.99 Å². The number of nitrogens with zero attached hydrogens (tertiary/aromatic N) is 2. The highest BCUT2D eigenvalue weighted by Crippen LogP contribution is 2.26.